The average Bonchev–Trinajstić information content (AvgIpc) is 2.74. The first-order chi connectivity index (χ1) is 15.4. The molecule has 2 N–H and O–H groups in total. The van der Waals surface area contributed by atoms with E-state index in [2.05, 4.69) is 5.32 Å². The molecule has 0 spiro atoms. The number of nitrogens with one attached hydrogen (secondary N) is 1. The van der Waals surface area contributed by atoms with Gasteiger partial charge in [-0.3, -0.25) is 9.69 Å². The van der Waals surface area contributed by atoms with Crippen LogP contribution in [0.2, 0.25) is 0 Å². The van der Waals surface area contributed by atoms with Gasteiger partial charge < -0.3 is 19.9 Å². The van der Waals surface area contributed by atoms with Crippen LogP contribution in [0.5, 0.6) is 5.75 Å². The fourth-order valence-corrected chi connectivity index (χ4v) is 3.45. The van der Waals surface area contributed by atoms with Gasteiger partial charge in [-0.15, -0.1) is 0 Å². The molecule has 0 aromatic heterocycles. The third kappa shape index (κ3) is 7.92. The minimum atomic E-state index is -1.10. The van der Waals surface area contributed by atoms with Crippen LogP contribution < -0.4 is 5.32 Å². The minimum Gasteiger partial charge on any atom is -0.507 e. The van der Waals surface area contributed by atoms with E-state index in [9.17, 15) is 19.5 Å². The molecule has 2 aromatic rings. The van der Waals surface area contributed by atoms with Crippen molar-refractivity contribution < 1.29 is 29.0 Å². The van der Waals surface area contributed by atoms with Crippen molar-refractivity contribution >= 4 is 40.6 Å². The van der Waals surface area contributed by atoms with Crippen molar-refractivity contribution in [1.82, 2.24) is 10.2 Å². The Kier molecular flexibility index (Phi) is 9.09. The van der Waals surface area contributed by atoms with Crippen LogP contribution in [-0.2, 0) is 25.7 Å². The molecule has 0 radical (unpaired) electrons. The van der Waals surface area contributed by atoms with Gasteiger partial charge in [-0.1, -0.05) is 36.4 Å². The lowest BCUT2D eigenvalue weighted by atomic mass is 10.0. The standard InChI is InChI=1S/C24H29IN2O6/c1-15(22(30)33-24(2,3)4)26-21(29)20(17-11-12-19(28)18(25)13-17)27(5)23(31)32-14-16-9-7-6-8-10-16/h6-13,15,20,28H,14H2,1-5H3,(H,26,29)/t15-,20-/m0/s1. The molecule has 0 saturated carbocycles. The summed E-state index contributed by atoms with van der Waals surface area (Å²) in [7, 11) is 1.44. The Morgan fingerprint density at radius 2 is 1.76 bits per heavy atom. The molecule has 2 atom stereocenters. The molecule has 8 nitrogen and oxygen atoms in total. The van der Waals surface area contributed by atoms with E-state index >= 15 is 0 Å². The number of halogens is 1. The van der Waals surface area contributed by atoms with E-state index in [1.807, 2.05) is 52.9 Å². The van der Waals surface area contributed by atoms with Gasteiger partial charge in [0.1, 0.15) is 30.0 Å². The fourth-order valence-electron chi connectivity index (χ4n) is 2.91. The summed E-state index contributed by atoms with van der Waals surface area (Å²) in [6.07, 6.45) is -0.716. The summed E-state index contributed by atoms with van der Waals surface area (Å²) in [5.41, 5.74) is 0.545. The number of hydrogen-bond donors (Lipinski definition) is 2. The SMILES string of the molecule is C[C@H](NC(=O)[C@H](c1ccc(O)c(I)c1)N(C)C(=O)OCc1ccccc1)C(=O)OC(C)(C)C. The van der Waals surface area contributed by atoms with E-state index in [4.69, 9.17) is 9.47 Å². The van der Waals surface area contributed by atoms with Gasteiger partial charge in [-0.2, -0.15) is 0 Å². The van der Waals surface area contributed by atoms with Gasteiger partial charge in [-0.25, -0.2) is 9.59 Å². The number of amides is 2. The highest BCUT2D eigenvalue weighted by molar-refractivity contribution is 14.1. The Hall–Kier alpha value is -2.82. The van der Waals surface area contributed by atoms with Crippen LogP contribution in [0.15, 0.2) is 48.5 Å². The number of phenols is 1. The number of carbonyl (C=O) groups is 3. The molecular formula is C24H29IN2O6. The molecule has 0 unspecified atom stereocenters. The third-order valence-corrected chi connectivity index (χ3v) is 5.40. The van der Waals surface area contributed by atoms with Gasteiger partial charge in [0.25, 0.3) is 0 Å². The molecule has 178 valence electrons. The molecule has 0 aliphatic carbocycles. The maximum Gasteiger partial charge on any atom is 0.410 e. The lowest BCUT2D eigenvalue weighted by molar-refractivity contribution is -0.158. The molecule has 9 heteroatoms. The smallest absolute Gasteiger partial charge is 0.410 e. The number of ether oxygens (including phenoxy) is 2. The van der Waals surface area contributed by atoms with Crippen molar-refractivity contribution in [3.05, 3.63) is 63.2 Å². The Bertz CT molecular complexity index is 990. The van der Waals surface area contributed by atoms with Crippen LogP contribution in [0.1, 0.15) is 44.9 Å². The molecule has 2 aromatic carbocycles. The Labute approximate surface area is 207 Å². The van der Waals surface area contributed by atoms with E-state index in [0.29, 0.717) is 9.13 Å². The summed E-state index contributed by atoms with van der Waals surface area (Å²) in [6, 6.07) is 11.7. The molecule has 0 heterocycles. The Morgan fingerprint density at radius 1 is 1.12 bits per heavy atom. The van der Waals surface area contributed by atoms with Crippen molar-refractivity contribution in [3.8, 4) is 5.75 Å². The summed E-state index contributed by atoms with van der Waals surface area (Å²) < 4.78 is 11.2. The van der Waals surface area contributed by atoms with Crippen molar-refractivity contribution in [3.63, 3.8) is 0 Å². The van der Waals surface area contributed by atoms with Gasteiger partial charge >= 0.3 is 12.1 Å². The first kappa shape index (κ1) is 26.4. The first-order valence-electron chi connectivity index (χ1n) is 10.3. The van der Waals surface area contributed by atoms with Gasteiger partial charge in [0.2, 0.25) is 5.91 Å². The number of likely N-dealkylation sites (N-methyl/N-ethyl adjacent to an activating group) is 1. The molecule has 0 saturated heterocycles. The van der Waals surface area contributed by atoms with Gasteiger partial charge in [0.05, 0.1) is 3.57 Å². The number of phenolic OH excluding ortho intramolecular Hbond substituents is 1. The molecule has 0 bridgehead atoms. The summed E-state index contributed by atoms with van der Waals surface area (Å²) in [5.74, 6) is -1.13. The number of hydrogen-bond acceptors (Lipinski definition) is 6. The van der Waals surface area contributed by atoms with Gasteiger partial charge in [0.15, 0.2) is 0 Å². The molecular weight excluding hydrogens is 539 g/mol. The zero-order chi connectivity index (χ0) is 24.8. The third-order valence-electron chi connectivity index (χ3n) is 4.54. The number of rotatable bonds is 7. The highest BCUT2D eigenvalue weighted by Crippen LogP contribution is 2.27. The minimum absolute atomic E-state index is 0.0414. The maximum atomic E-state index is 13.2. The molecule has 33 heavy (non-hydrogen) atoms. The fraction of sp³-hybridized carbons (Fsp3) is 0.375. The predicted octanol–water partition coefficient (Wildman–Crippen LogP) is 4.15. The topological polar surface area (TPSA) is 105 Å². The monoisotopic (exact) mass is 568 g/mol. The van der Waals surface area contributed by atoms with E-state index in [1.165, 1.54) is 20.0 Å². The second-order valence-electron chi connectivity index (χ2n) is 8.53. The predicted molar refractivity (Wildman–Crippen MR) is 131 cm³/mol. The van der Waals surface area contributed by atoms with Crippen LogP contribution in [0.25, 0.3) is 0 Å². The number of aromatic hydroxyl groups is 1. The van der Waals surface area contributed by atoms with Crippen molar-refractivity contribution in [2.75, 3.05) is 7.05 Å². The number of benzene rings is 2. The second kappa shape index (κ2) is 11.4. The van der Waals surface area contributed by atoms with Crippen molar-refractivity contribution in [2.45, 2.75) is 52.0 Å². The molecule has 0 fully saturated rings. The zero-order valence-corrected chi connectivity index (χ0v) is 21.5. The largest absolute Gasteiger partial charge is 0.507 e. The van der Waals surface area contributed by atoms with Crippen molar-refractivity contribution in [1.29, 1.82) is 0 Å². The lowest BCUT2D eigenvalue weighted by Gasteiger charge is -2.29. The lowest BCUT2D eigenvalue weighted by Crippen LogP contribution is -2.48. The van der Waals surface area contributed by atoms with Gasteiger partial charge in [0, 0.05) is 7.05 Å². The van der Waals surface area contributed by atoms with Crippen LogP contribution in [0.4, 0.5) is 4.79 Å². The highest BCUT2D eigenvalue weighted by atomic mass is 127. The van der Waals surface area contributed by atoms with Crippen LogP contribution in [0.3, 0.4) is 0 Å². The van der Waals surface area contributed by atoms with Crippen LogP contribution in [-0.4, -0.2) is 46.7 Å². The normalized spacial score (nSPS) is 12.9. The number of nitrogens with zero attached hydrogens (tertiary/aromatic N) is 1. The van der Waals surface area contributed by atoms with Crippen molar-refractivity contribution in [2.24, 2.45) is 0 Å². The number of esters is 1. The molecule has 0 aliphatic rings. The number of carbonyl (C=O) groups excluding carboxylic acids is 3. The average molecular weight is 568 g/mol. The van der Waals surface area contributed by atoms with E-state index in [1.54, 1.807) is 32.9 Å². The second-order valence-corrected chi connectivity index (χ2v) is 9.69. The van der Waals surface area contributed by atoms with Gasteiger partial charge in [-0.05, 0) is 73.5 Å². The summed E-state index contributed by atoms with van der Waals surface area (Å²) >= 11 is 1.93. The molecule has 2 rings (SSSR count). The van der Waals surface area contributed by atoms with E-state index in [-0.39, 0.29) is 12.4 Å². The highest BCUT2D eigenvalue weighted by Gasteiger charge is 2.33. The van der Waals surface area contributed by atoms with Crippen LogP contribution >= 0.6 is 22.6 Å². The summed E-state index contributed by atoms with van der Waals surface area (Å²) in [4.78, 5) is 39.5. The Balaban J connectivity index is 2.23. The van der Waals surface area contributed by atoms with E-state index in [0.717, 1.165) is 10.5 Å². The summed E-state index contributed by atoms with van der Waals surface area (Å²) in [5, 5.41) is 12.5. The quantitative estimate of drug-likeness (QED) is 0.384. The maximum absolute atomic E-state index is 13.2. The molecule has 2 amide bonds. The first-order valence-corrected chi connectivity index (χ1v) is 11.4. The molecule has 0 aliphatic heterocycles. The zero-order valence-electron chi connectivity index (χ0n) is 19.3. The van der Waals surface area contributed by atoms with E-state index < -0.39 is 35.7 Å². The summed E-state index contributed by atoms with van der Waals surface area (Å²) in [6.45, 7) is 6.75. The Morgan fingerprint density at radius 3 is 2.33 bits per heavy atom. The van der Waals surface area contributed by atoms with Crippen LogP contribution in [0, 0.1) is 3.57 Å².